The zero-order chi connectivity index (χ0) is 12.6. The maximum atomic E-state index is 5.68. The summed E-state index contributed by atoms with van der Waals surface area (Å²) in [6.07, 6.45) is 2.08. The Kier molecular flexibility index (Phi) is 3.40. The largest absolute Gasteiger partial charge is 0.345 e. The zero-order valence-electron chi connectivity index (χ0n) is 10.4. The molecule has 0 aromatic carbocycles. The third-order valence-electron chi connectivity index (χ3n) is 3.15. The first-order valence-corrected chi connectivity index (χ1v) is 6.36. The normalized spacial score (nSPS) is 11.1. The zero-order valence-corrected chi connectivity index (χ0v) is 12.0. The maximum absolute atomic E-state index is 5.68. The van der Waals surface area contributed by atoms with Crippen molar-refractivity contribution in [1.82, 2.24) is 14.3 Å². The van der Waals surface area contributed by atoms with E-state index in [2.05, 4.69) is 44.8 Å². The van der Waals surface area contributed by atoms with Gasteiger partial charge in [0.25, 0.3) is 0 Å². The Morgan fingerprint density at radius 2 is 2.12 bits per heavy atom. The van der Waals surface area contributed by atoms with Gasteiger partial charge in [0, 0.05) is 25.5 Å². The van der Waals surface area contributed by atoms with Crippen molar-refractivity contribution >= 4 is 15.9 Å². The van der Waals surface area contributed by atoms with E-state index in [-0.39, 0.29) is 0 Å². The van der Waals surface area contributed by atoms with Crippen molar-refractivity contribution in [2.75, 3.05) is 0 Å². The van der Waals surface area contributed by atoms with Crippen LogP contribution in [0.1, 0.15) is 22.6 Å². The van der Waals surface area contributed by atoms with Crippen LogP contribution in [0.2, 0.25) is 0 Å². The molecular formula is C12H17BrN4. The first-order valence-electron chi connectivity index (χ1n) is 5.57. The molecule has 0 atom stereocenters. The molecule has 0 aliphatic heterocycles. The number of halogens is 1. The van der Waals surface area contributed by atoms with Crippen molar-refractivity contribution in [2.45, 2.75) is 26.9 Å². The van der Waals surface area contributed by atoms with Gasteiger partial charge in [-0.25, -0.2) is 0 Å². The molecule has 0 saturated heterocycles. The van der Waals surface area contributed by atoms with Gasteiger partial charge in [0.15, 0.2) is 0 Å². The summed E-state index contributed by atoms with van der Waals surface area (Å²) in [5, 5.41) is 4.40. The van der Waals surface area contributed by atoms with Crippen molar-refractivity contribution in [3.05, 3.63) is 39.4 Å². The van der Waals surface area contributed by atoms with E-state index in [9.17, 15) is 0 Å². The topological polar surface area (TPSA) is 48.8 Å². The number of rotatable bonds is 3. The van der Waals surface area contributed by atoms with Crippen LogP contribution in [0.5, 0.6) is 0 Å². The summed E-state index contributed by atoms with van der Waals surface area (Å²) in [4.78, 5) is 0. The molecule has 0 bridgehead atoms. The predicted molar refractivity (Wildman–Crippen MR) is 71.8 cm³/mol. The Morgan fingerprint density at radius 3 is 2.59 bits per heavy atom. The first-order chi connectivity index (χ1) is 8.04. The predicted octanol–water partition coefficient (Wildman–Crippen LogP) is 2.11. The molecule has 0 aliphatic carbocycles. The van der Waals surface area contributed by atoms with Crippen LogP contribution < -0.4 is 5.73 Å². The SMILES string of the molecule is Cc1nn(C)c(Cn2ccc(CN)c2C)c1Br. The lowest BCUT2D eigenvalue weighted by Gasteiger charge is -2.08. The van der Waals surface area contributed by atoms with E-state index in [0.29, 0.717) is 6.54 Å². The second kappa shape index (κ2) is 4.66. The molecular weight excluding hydrogens is 280 g/mol. The monoisotopic (exact) mass is 296 g/mol. The van der Waals surface area contributed by atoms with E-state index in [1.807, 2.05) is 18.7 Å². The van der Waals surface area contributed by atoms with Crippen molar-refractivity contribution in [2.24, 2.45) is 12.8 Å². The molecule has 4 nitrogen and oxygen atoms in total. The quantitative estimate of drug-likeness (QED) is 0.943. The Morgan fingerprint density at radius 1 is 1.41 bits per heavy atom. The maximum Gasteiger partial charge on any atom is 0.0739 e. The van der Waals surface area contributed by atoms with Gasteiger partial charge in [-0.05, 0) is 41.4 Å². The highest BCUT2D eigenvalue weighted by Crippen LogP contribution is 2.22. The molecule has 92 valence electrons. The molecule has 5 heteroatoms. The van der Waals surface area contributed by atoms with Crippen molar-refractivity contribution < 1.29 is 0 Å². The molecule has 0 fully saturated rings. The lowest BCUT2D eigenvalue weighted by atomic mass is 10.2. The highest BCUT2D eigenvalue weighted by Gasteiger charge is 2.12. The minimum atomic E-state index is 0.588. The van der Waals surface area contributed by atoms with Gasteiger partial charge in [-0.1, -0.05) is 0 Å². The van der Waals surface area contributed by atoms with Crippen LogP contribution >= 0.6 is 15.9 Å². The van der Waals surface area contributed by atoms with Crippen LogP contribution in [-0.4, -0.2) is 14.3 Å². The van der Waals surface area contributed by atoms with Crippen LogP contribution in [0, 0.1) is 13.8 Å². The number of aryl methyl sites for hydroxylation is 2. The van der Waals surface area contributed by atoms with Gasteiger partial charge in [0.2, 0.25) is 0 Å². The van der Waals surface area contributed by atoms with E-state index in [0.717, 1.165) is 16.7 Å². The highest BCUT2D eigenvalue weighted by molar-refractivity contribution is 9.10. The highest BCUT2D eigenvalue weighted by atomic mass is 79.9. The summed E-state index contributed by atoms with van der Waals surface area (Å²) >= 11 is 3.59. The molecule has 2 aromatic rings. The Labute approximate surface area is 110 Å². The average molecular weight is 297 g/mol. The second-order valence-electron chi connectivity index (χ2n) is 4.23. The lowest BCUT2D eigenvalue weighted by Crippen LogP contribution is -2.07. The molecule has 2 N–H and O–H groups in total. The van der Waals surface area contributed by atoms with Gasteiger partial charge in [-0.15, -0.1) is 0 Å². The Hall–Kier alpha value is -1.07. The fraction of sp³-hybridized carbons (Fsp3) is 0.417. The van der Waals surface area contributed by atoms with Gasteiger partial charge in [0.1, 0.15) is 0 Å². The fourth-order valence-corrected chi connectivity index (χ4v) is 2.46. The van der Waals surface area contributed by atoms with E-state index < -0.39 is 0 Å². The molecule has 0 aliphatic rings. The summed E-state index contributed by atoms with van der Waals surface area (Å²) in [5.41, 5.74) is 10.3. The molecule has 17 heavy (non-hydrogen) atoms. The Balaban J connectivity index is 2.34. The molecule has 2 rings (SSSR count). The average Bonchev–Trinajstić information content (AvgIpc) is 2.75. The molecule has 0 saturated carbocycles. The Bertz CT molecular complexity index is 539. The van der Waals surface area contributed by atoms with Crippen molar-refractivity contribution in [3.8, 4) is 0 Å². The van der Waals surface area contributed by atoms with Crippen LogP contribution in [0.3, 0.4) is 0 Å². The number of aromatic nitrogens is 3. The van der Waals surface area contributed by atoms with Gasteiger partial charge < -0.3 is 10.3 Å². The van der Waals surface area contributed by atoms with E-state index in [4.69, 9.17) is 5.73 Å². The van der Waals surface area contributed by atoms with E-state index in [1.165, 1.54) is 17.0 Å². The minimum Gasteiger partial charge on any atom is -0.345 e. The molecule has 2 aromatic heterocycles. The minimum absolute atomic E-state index is 0.588. The smallest absolute Gasteiger partial charge is 0.0739 e. The molecule has 0 amide bonds. The van der Waals surface area contributed by atoms with Crippen LogP contribution in [0.25, 0.3) is 0 Å². The summed E-state index contributed by atoms with van der Waals surface area (Å²) in [7, 11) is 1.97. The summed E-state index contributed by atoms with van der Waals surface area (Å²) < 4.78 is 5.20. The fourth-order valence-electron chi connectivity index (χ4n) is 2.00. The number of nitrogens with zero attached hydrogens (tertiary/aromatic N) is 3. The van der Waals surface area contributed by atoms with Gasteiger partial charge in [-0.2, -0.15) is 5.10 Å². The van der Waals surface area contributed by atoms with Gasteiger partial charge in [-0.3, -0.25) is 4.68 Å². The molecule has 0 radical (unpaired) electrons. The third-order valence-corrected chi connectivity index (χ3v) is 4.18. The molecule has 0 spiro atoms. The van der Waals surface area contributed by atoms with Crippen molar-refractivity contribution in [3.63, 3.8) is 0 Å². The van der Waals surface area contributed by atoms with Crippen LogP contribution in [0.4, 0.5) is 0 Å². The van der Waals surface area contributed by atoms with Gasteiger partial charge >= 0.3 is 0 Å². The van der Waals surface area contributed by atoms with E-state index >= 15 is 0 Å². The lowest BCUT2D eigenvalue weighted by molar-refractivity contribution is 0.654. The summed E-state index contributed by atoms with van der Waals surface area (Å²) in [6, 6.07) is 2.08. The number of nitrogens with two attached hydrogens (primary N) is 1. The summed E-state index contributed by atoms with van der Waals surface area (Å²) in [6.45, 7) is 5.49. The van der Waals surface area contributed by atoms with E-state index in [1.54, 1.807) is 0 Å². The van der Waals surface area contributed by atoms with Crippen LogP contribution in [0.15, 0.2) is 16.7 Å². The summed E-state index contributed by atoms with van der Waals surface area (Å²) in [5.74, 6) is 0. The van der Waals surface area contributed by atoms with Gasteiger partial charge in [0.05, 0.1) is 22.4 Å². The number of hydrogen-bond donors (Lipinski definition) is 1. The third kappa shape index (κ3) is 2.17. The first kappa shape index (κ1) is 12.4. The second-order valence-corrected chi connectivity index (χ2v) is 5.02. The van der Waals surface area contributed by atoms with Crippen LogP contribution in [-0.2, 0) is 20.1 Å². The number of hydrogen-bond acceptors (Lipinski definition) is 2. The molecule has 2 heterocycles. The standard InChI is InChI=1S/C12H17BrN4/c1-8-12(13)11(16(3)15-8)7-17-5-4-10(6-14)9(17)2/h4-5H,6-7,14H2,1-3H3. The molecule has 0 unspecified atom stereocenters. The van der Waals surface area contributed by atoms with Crippen molar-refractivity contribution in [1.29, 1.82) is 0 Å².